The topological polar surface area (TPSA) is 34.1 Å². The van der Waals surface area contributed by atoms with E-state index in [0.717, 1.165) is 65.4 Å². The van der Waals surface area contributed by atoms with Gasteiger partial charge in [0.15, 0.2) is 0 Å². The van der Waals surface area contributed by atoms with Gasteiger partial charge in [-0.1, -0.05) is 50.6 Å². The summed E-state index contributed by atoms with van der Waals surface area (Å²) < 4.78 is 18.8. The van der Waals surface area contributed by atoms with Gasteiger partial charge in [-0.15, -0.1) is 17.4 Å². The average molecular weight is 513 g/mol. The molecule has 1 aliphatic heterocycles. The monoisotopic (exact) mass is 512 g/mol. The zero-order chi connectivity index (χ0) is 27.2. The number of nitrogens with zero attached hydrogens (tertiary/aromatic N) is 2. The maximum atomic E-state index is 13.4. The van der Waals surface area contributed by atoms with Crippen LogP contribution in [0.3, 0.4) is 0 Å². The van der Waals surface area contributed by atoms with Crippen molar-refractivity contribution in [1.29, 1.82) is 0 Å². The quantitative estimate of drug-likeness (QED) is 0.217. The van der Waals surface area contributed by atoms with E-state index in [9.17, 15) is 4.39 Å². The van der Waals surface area contributed by atoms with E-state index in [-0.39, 0.29) is 5.82 Å². The molecule has 1 saturated heterocycles. The molecule has 3 aromatic carbocycles. The van der Waals surface area contributed by atoms with Crippen molar-refractivity contribution in [3.05, 3.63) is 101 Å². The number of benzene rings is 3. The van der Waals surface area contributed by atoms with Crippen molar-refractivity contribution < 1.29 is 14.0 Å². The predicted molar refractivity (Wildman–Crippen MR) is 155 cm³/mol. The number of hydroxylamine groups is 2. The summed E-state index contributed by atoms with van der Waals surface area (Å²) in [6.07, 6.45) is 11.7. The highest BCUT2D eigenvalue weighted by molar-refractivity contribution is 6.31. The Morgan fingerprint density at radius 1 is 0.895 bits per heavy atom. The van der Waals surface area contributed by atoms with Gasteiger partial charge in [-0.25, -0.2) is 4.39 Å². The summed E-state index contributed by atoms with van der Waals surface area (Å²) >= 11 is 0. The molecule has 1 heterocycles. The molecule has 0 radical (unpaired) electrons. The summed E-state index contributed by atoms with van der Waals surface area (Å²) in [5.74, 6) is 4.02. The molecule has 0 N–H and O–H groups in total. The van der Waals surface area contributed by atoms with Crippen molar-refractivity contribution >= 4 is 11.3 Å². The molecule has 0 aliphatic carbocycles. The Hall–Kier alpha value is -3.88. The molecule has 0 unspecified atom stereocenters. The smallest absolute Gasteiger partial charge is 0.147 e. The Labute approximate surface area is 226 Å². The Balaban J connectivity index is 0.00000195. The van der Waals surface area contributed by atoms with Crippen molar-refractivity contribution in [1.82, 2.24) is 5.06 Å². The van der Waals surface area contributed by atoms with Crippen LogP contribution in [-0.2, 0) is 6.54 Å². The molecular formula is C33H37FN2O2. The van der Waals surface area contributed by atoms with Gasteiger partial charge < -0.3 is 9.57 Å². The molecule has 5 heteroatoms. The predicted octanol–water partition coefficient (Wildman–Crippen LogP) is 7.74. The number of rotatable bonds is 9. The molecule has 0 aromatic heterocycles. The SMILES string of the molecule is C#CC/C=C(\C(=NCc1ccc(F)cc1)c1ccc(ON2CCCCC2)cc1)c1ccc(OC)cc1.CC. The third-order valence-electron chi connectivity index (χ3n) is 6.09. The maximum absolute atomic E-state index is 13.4. The van der Waals surface area contributed by atoms with E-state index in [2.05, 4.69) is 5.92 Å². The minimum absolute atomic E-state index is 0.264. The standard InChI is InChI=1S/C31H31FN2O2.C2H6/c1-3-4-8-30(25-11-17-28(35-2)18-12-25)31(33-23-24-9-15-27(32)16-10-24)26-13-19-29(20-14-26)36-34-21-6-5-7-22-34;1-2/h1,8-20H,4-7,21-23H2,2H3;1-2H3/b30-8-,33-31?;. The number of allylic oxidation sites excluding steroid dienone is 2. The van der Waals surface area contributed by atoms with Crippen molar-refractivity contribution in [2.75, 3.05) is 20.2 Å². The normalized spacial score (nSPS) is 14.2. The molecule has 3 aromatic rings. The maximum Gasteiger partial charge on any atom is 0.147 e. The Bertz CT molecular complexity index is 1220. The summed E-state index contributed by atoms with van der Waals surface area (Å²) in [5, 5.41) is 2.03. The van der Waals surface area contributed by atoms with Crippen LogP contribution in [0.2, 0.25) is 0 Å². The summed E-state index contributed by atoms with van der Waals surface area (Å²) in [7, 11) is 1.65. The number of hydrogen-bond donors (Lipinski definition) is 0. The number of halogens is 1. The molecule has 198 valence electrons. The van der Waals surface area contributed by atoms with E-state index < -0.39 is 0 Å². The first-order chi connectivity index (χ1) is 18.7. The number of hydrogen-bond acceptors (Lipinski definition) is 4. The molecule has 4 nitrogen and oxygen atoms in total. The molecule has 38 heavy (non-hydrogen) atoms. The fourth-order valence-electron chi connectivity index (χ4n) is 4.15. The van der Waals surface area contributed by atoms with Crippen LogP contribution < -0.4 is 9.57 Å². The summed E-state index contributed by atoms with van der Waals surface area (Å²) in [6.45, 7) is 6.30. The van der Waals surface area contributed by atoms with Crippen molar-refractivity contribution in [3.8, 4) is 23.8 Å². The van der Waals surface area contributed by atoms with Gasteiger partial charge in [-0.05, 0) is 72.5 Å². The van der Waals surface area contributed by atoms with E-state index in [1.807, 2.05) is 73.5 Å². The number of aliphatic imine (C=N–C) groups is 1. The molecule has 0 saturated carbocycles. The molecule has 1 fully saturated rings. The highest BCUT2D eigenvalue weighted by atomic mass is 19.1. The zero-order valence-corrected chi connectivity index (χ0v) is 22.6. The zero-order valence-electron chi connectivity index (χ0n) is 22.6. The second-order valence-electron chi connectivity index (χ2n) is 8.65. The highest BCUT2D eigenvalue weighted by Crippen LogP contribution is 2.26. The molecular weight excluding hydrogens is 475 g/mol. The fourth-order valence-corrected chi connectivity index (χ4v) is 4.15. The molecule has 0 bridgehead atoms. The number of ether oxygens (including phenoxy) is 1. The van der Waals surface area contributed by atoms with Crippen LogP contribution in [0.15, 0.2) is 83.9 Å². The van der Waals surface area contributed by atoms with E-state index >= 15 is 0 Å². The van der Waals surface area contributed by atoms with Crippen LogP contribution in [-0.4, -0.2) is 31.0 Å². The first-order valence-electron chi connectivity index (χ1n) is 13.3. The lowest BCUT2D eigenvalue weighted by Crippen LogP contribution is -2.32. The molecule has 0 amide bonds. The van der Waals surface area contributed by atoms with Crippen molar-refractivity contribution in [2.24, 2.45) is 4.99 Å². The first-order valence-corrected chi connectivity index (χ1v) is 13.3. The largest absolute Gasteiger partial charge is 0.497 e. The minimum atomic E-state index is -0.264. The van der Waals surface area contributed by atoms with Crippen LogP contribution in [0.5, 0.6) is 11.5 Å². The third-order valence-corrected chi connectivity index (χ3v) is 6.09. The Morgan fingerprint density at radius 3 is 2.11 bits per heavy atom. The lowest BCUT2D eigenvalue weighted by molar-refractivity contribution is -0.0719. The van der Waals surface area contributed by atoms with Crippen LogP contribution in [0.1, 0.15) is 56.2 Å². The van der Waals surface area contributed by atoms with Crippen LogP contribution in [0, 0.1) is 18.2 Å². The van der Waals surface area contributed by atoms with Crippen molar-refractivity contribution in [2.45, 2.75) is 46.1 Å². The summed E-state index contributed by atoms with van der Waals surface area (Å²) in [6, 6.07) is 22.3. The Morgan fingerprint density at radius 2 is 1.50 bits per heavy atom. The van der Waals surface area contributed by atoms with Gasteiger partial charge in [0.25, 0.3) is 0 Å². The number of methoxy groups -OCH3 is 1. The Kier molecular flexibility index (Phi) is 11.6. The summed E-state index contributed by atoms with van der Waals surface area (Å²) in [5.41, 5.74) is 4.59. The highest BCUT2D eigenvalue weighted by Gasteiger charge is 2.15. The second kappa shape index (κ2) is 15.4. The van der Waals surface area contributed by atoms with Gasteiger partial charge in [0.2, 0.25) is 0 Å². The average Bonchev–Trinajstić information content (AvgIpc) is 2.98. The molecule has 1 aliphatic rings. The molecule has 4 rings (SSSR count). The lowest BCUT2D eigenvalue weighted by Gasteiger charge is -2.26. The molecule has 0 spiro atoms. The van der Waals surface area contributed by atoms with Gasteiger partial charge in [-0.2, -0.15) is 0 Å². The van der Waals surface area contributed by atoms with Gasteiger partial charge >= 0.3 is 0 Å². The van der Waals surface area contributed by atoms with Gasteiger partial charge in [0.1, 0.15) is 17.3 Å². The van der Waals surface area contributed by atoms with Crippen LogP contribution in [0.25, 0.3) is 5.57 Å². The molecule has 0 atom stereocenters. The van der Waals surface area contributed by atoms with Gasteiger partial charge in [0.05, 0.1) is 19.4 Å². The van der Waals surface area contributed by atoms with Crippen molar-refractivity contribution in [3.63, 3.8) is 0 Å². The van der Waals surface area contributed by atoms with Crippen LogP contribution >= 0.6 is 0 Å². The van der Waals surface area contributed by atoms with E-state index in [1.54, 1.807) is 19.2 Å². The van der Waals surface area contributed by atoms with Crippen LogP contribution in [0.4, 0.5) is 4.39 Å². The fraction of sp³-hybridized carbons (Fsp3) is 0.303. The minimum Gasteiger partial charge on any atom is -0.497 e. The lowest BCUT2D eigenvalue weighted by atomic mass is 9.94. The van der Waals surface area contributed by atoms with E-state index in [0.29, 0.717) is 13.0 Å². The third kappa shape index (κ3) is 8.33. The summed E-state index contributed by atoms with van der Waals surface area (Å²) in [4.78, 5) is 11.1. The van der Waals surface area contributed by atoms with Gasteiger partial charge in [0, 0.05) is 30.6 Å². The van der Waals surface area contributed by atoms with Gasteiger partial charge in [-0.3, -0.25) is 4.99 Å². The number of piperidine rings is 1. The van der Waals surface area contributed by atoms with E-state index in [4.69, 9.17) is 21.0 Å². The number of terminal acetylenes is 1. The van der Waals surface area contributed by atoms with E-state index in [1.165, 1.54) is 18.6 Å². The second-order valence-corrected chi connectivity index (χ2v) is 8.65. The first kappa shape index (κ1) is 28.7.